The van der Waals surface area contributed by atoms with Gasteiger partial charge in [0.2, 0.25) is 0 Å². The number of ether oxygens (including phenoxy) is 1. The summed E-state index contributed by atoms with van der Waals surface area (Å²) in [5.41, 5.74) is 6.68. The summed E-state index contributed by atoms with van der Waals surface area (Å²) in [5.74, 6) is 0. The van der Waals surface area contributed by atoms with E-state index in [9.17, 15) is 9.59 Å². The standard InChI is InChI=1S/C11H13NO3/c1-8(15-11(12)14)10-4-2-9(3-5-10)6-7-13/h2-5,7-8H,6H2,1H3,(H2,12,14). The SMILES string of the molecule is CC(OC(N)=O)c1ccc(CC=O)cc1. The lowest BCUT2D eigenvalue weighted by Gasteiger charge is -2.11. The zero-order valence-corrected chi connectivity index (χ0v) is 8.47. The van der Waals surface area contributed by atoms with Gasteiger partial charge in [-0.05, 0) is 18.1 Å². The van der Waals surface area contributed by atoms with Crippen molar-refractivity contribution in [2.24, 2.45) is 5.73 Å². The van der Waals surface area contributed by atoms with E-state index in [1.807, 2.05) is 24.3 Å². The Morgan fingerprint density at radius 1 is 1.47 bits per heavy atom. The fraction of sp³-hybridized carbons (Fsp3) is 0.273. The van der Waals surface area contributed by atoms with Gasteiger partial charge in [0.25, 0.3) is 0 Å². The van der Waals surface area contributed by atoms with E-state index in [0.717, 1.165) is 17.4 Å². The minimum Gasteiger partial charge on any atom is -0.442 e. The van der Waals surface area contributed by atoms with E-state index in [2.05, 4.69) is 0 Å². The molecule has 1 amide bonds. The second kappa shape index (κ2) is 5.14. The van der Waals surface area contributed by atoms with Crippen LogP contribution in [0.1, 0.15) is 24.2 Å². The molecule has 0 saturated carbocycles. The van der Waals surface area contributed by atoms with E-state index in [0.29, 0.717) is 6.42 Å². The van der Waals surface area contributed by atoms with Gasteiger partial charge in [-0.2, -0.15) is 0 Å². The third kappa shape index (κ3) is 3.42. The van der Waals surface area contributed by atoms with Gasteiger partial charge in [0, 0.05) is 6.42 Å². The summed E-state index contributed by atoms with van der Waals surface area (Å²) in [6, 6.07) is 7.27. The van der Waals surface area contributed by atoms with Crippen molar-refractivity contribution in [2.75, 3.05) is 0 Å². The zero-order valence-electron chi connectivity index (χ0n) is 8.47. The quantitative estimate of drug-likeness (QED) is 0.762. The number of hydrogen-bond donors (Lipinski definition) is 1. The predicted octanol–water partition coefficient (Wildman–Crippen LogP) is 1.58. The van der Waals surface area contributed by atoms with Gasteiger partial charge in [0.15, 0.2) is 0 Å². The Bertz CT molecular complexity index is 345. The molecule has 0 aliphatic rings. The van der Waals surface area contributed by atoms with Crippen molar-refractivity contribution < 1.29 is 14.3 Å². The minimum absolute atomic E-state index is 0.368. The van der Waals surface area contributed by atoms with E-state index in [1.54, 1.807) is 6.92 Å². The molecular formula is C11H13NO3. The lowest BCUT2D eigenvalue weighted by atomic mass is 10.1. The lowest BCUT2D eigenvalue weighted by molar-refractivity contribution is -0.107. The smallest absolute Gasteiger partial charge is 0.405 e. The Labute approximate surface area is 88.0 Å². The number of carbonyl (C=O) groups is 2. The highest BCUT2D eigenvalue weighted by atomic mass is 16.6. The number of benzene rings is 1. The van der Waals surface area contributed by atoms with Crippen LogP contribution in [0, 0.1) is 0 Å². The van der Waals surface area contributed by atoms with Crippen LogP contribution in [0.25, 0.3) is 0 Å². The average molecular weight is 207 g/mol. The molecular weight excluding hydrogens is 194 g/mol. The Hall–Kier alpha value is -1.84. The summed E-state index contributed by atoms with van der Waals surface area (Å²) in [6.07, 6.45) is 0.0798. The summed E-state index contributed by atoms with van der Waals surface area (Å²) in [5, 5.41) is 0. The van der Waals surface area contributed by atoms with Gasteiger partial charge < -0.3 is 15.3 Å². The van der Waals surface area contributed by atoms with Crippen molar-refractivity contribution >= 4 is 12.4 Å². The maximum absolute atomic E-state index is 10.5. The monoisotopic (exact) mass is 207 g/mol. The maximum atomic E-state index is 10.5. The molecule has 1 unspecified atom stereocenters. The van der Waals surface area contributed by atoms with Crippen molar-refractivity contribution in [3.63, 3.8) is 0 Å². The van der Waals surface area contributed by atoms with Gasteiger partial charge in [0.05, 0.1) is 0 Å². The summed E-state index contributed by atoms with van der Waals surface area (Å²) in [7, 11) is 0. The second-order valence-electron chi connectivity index (χ2n) is 3.19. The van der Waals surface area contributed by atoms with Crippen LogP contribution in [0.5, 0.6) is 0 Å². The first kappa shape index (κ1) is 11.2. The normalized spacial score (nSPS) is 11.8. The first-order valence-electron chi connectivity index (χ1n) is 4.62. The van der Waals surface area contributed by atoms with Crippen LogP contribution in [0.4, 0.5) is 4.79 Å². The minimum atomic E-state index is -0.792. The van der Waals surface area contributed by atoms with Crippen LogP contribution in [-0.2, 0) is 16.0 Å². The van der Waals surface area contributed by atoms with Gasteiger partial charge >= 0.3 is 6.09 Å². The number of nitrogens with two attached hydrogens (primary N) is 1. The maximum Gasteiger partial charge on any atom is 0.405 e. The van der Waals surface area contributed by atoms with E-state index >= 15 is 0 Å². The van der Waals surface area contributed by atoms with Crippen molar-refractivity contribution in [2.45, 2.75) is 19.4 Å². The highest BCUT2D eigenvalue weighted by Gasteiger charge is 2.08. The number of amides is 1. The number of primary amides is 1. The van der Waals surface area contributed by atoms with Gasteiger partial charge in [-0.3, -0.25) is 0 Å². The Kier molecular flexibility index (Phi) is 3.85. The van der Waals surface area contributed by atoms with Crippen LogP contribution >= 0.6 is 0 Å². The molecule has 2 N–H and O–H groups in total. The van der Waals surface area contributed by atoms with Crippen LogP contribution < -0.4 is 5.73 Å². The number of rotatable bonds is 4. The van der Waals surface area contributed by atoms with Gasteiger partial charge in [0.1, 0.15) is 12.4 Å². The van der Waals surface area contributed by atoms with Crippen LogP contribution in [-0.4, -0.2) is 12.4 Å². The van der Waals surface area contributed by atoms with Crippen molar-refractivity contribution in [3.8, 4) is 0 Å². The Morgan fingerprint density at radius 2 is 2.07 bits per heavy atom. The molecule has 1 atom stereocenters. The molecule has 0 bridgehead atoms. The molecule has 1 rings (SSSR count). The molecule has 0 fully saturated rings. The average Bonchev–Trinajstić information content (AvgIpc) is 2.18. The molecule has 4 heteroatoms. The van der Waals surface area contributed by atoms with Gasteiger partial charge in [-0.1, -0.05) is 24.3 Å². The summed E-state index contributed by atoms with van der Waals surface area (Å²) >= 11 is 0. The molecule has 1 aromatic rings. The van der Waals surface area contributed by atoms with Gasteiger partial charge in [-0.25, -0.2) is 4.79 Å². The lowest BCUT2D eigenvalue weighted by Crippen LogP contribution is -2.15. The molecule has 0 radical (unpaired) electrons. The molecule has 1 aromatic carbocycles. The third-order valence-corrected chi connectivity index (χ3v) is 2.06. The first-order chi connectivity index (χ1) is 7.13. The number of hydrogen-bond acceptors (Lipinski definition) is 3. The molecule has 0 aliphatic heterocycles. The number of aldehydes is 1. The Morgan fingerprint density at radius 3 is 2.53 bits per heavy atom. The third-order valence-electron chi connectivity index (χ3n) is 2.06. The first-order valence-corrected chi connectivity index (χ1v) is 4.62. The largest absolute Gasteiger partial charge is 0.442 e. The summed E-state index contributed by atoms with van der Waals surface area (Å²) in [6.45, 7) is 1.74. The molecule has 0 saturated heterocycles. The highest BCUT2D eigenvalue weighted by Crippen LogP contribution is 2.17. The molecule has 0 heterocycles. The van der Waals surface area contributed by atoms with Crippen LogP contribution in [0.2, 0.25) is 0 Å². The number of carbonyl (C=O) groups excluding carboxylic acids is 2. The van der Waals surface area contributed by atoms with E-state index in [1.165, 1.54) is 0 Å². The molecule has 80 valence electrons. The van der Waals surface area contributed by atoms with Crippen LogP contribution in [0.3, 0.4) is 0 Å². The van der Waals surface area contributed by atoms with E-state index in [4.69, 9.17) is 10.5 Å². The highest BCUT2D eigenvalue weighted by molar-refractivity contribution is 5.65. The van der Waals surface area contributed by atoms with Crippen molar-refractivity contribution in [1.29, 1.82) is 0 Å². The molecule has 4 nitrogen and oxygen atoms in total. The fourth-order valence-corrected chi connectivity index (χ4v) is 1.26. The van der Waals surface area contributed by atoms with E-state index < -0.39 is 6.09 Å². The Balaban J connectivity index is 2.70. The molecule has 15 heavy (non-hydrogen) atoms. The topological polar surface area (TPSA) is 69.4 Å². The summed E-state index contributed by atoms with van der Waals surface area (Å²) < 4.78 is 4.81. The van der Waals surface area contributed by atoms with Crippen molar-refractivity contribution in [3.05, 3.63) is 35.4 Å². The van der Waals surface area contributed by atoms with Crippen LogP contribution in [0.15, 0.2) is 24.3 Å². The second-order valence-corrected chi connectivity index (χ2v) is 3.19. The molecule has 0 spiro atoms. The van der Waals surface area contributed by atoms with Crippen molar-refractivity contribution in [1.82, 2.24) is 0 Å². The summed E-state index contributed by atoms with van der Waals surface area (Å²) in [4.78, 5) is 20.8. The predicted molar refractivity (Wildman–Crippen MR) is 55.3 cm³/mol. The van der Waals surface area contributed by atoms with E-state index in [-0.39, 0.29) is 6.10 Å². The fourth-order valence-electron chi connectivity index (χ4n) is 1.26. The molecule has 0 aromatic heterocycles. The van der Waals surface area contributed by atoms with Gasteiger partial charge in [-0.15, -0.1) is 0 Å². The molecule has 0 aliphatic carbocycles. The zero-order chi connectivity index (χ0) is 11.3.